The zero-order valence-electron chi connectivity index (χ0n) is 8.97. The highest BCUT2D eigenvalue weighted by Gasteiger charge is 2.07. The van der Waals surface area contributed by atoms with Crippen LogP contribution < -0.4 is 0 Å². The molecular formula is C13H10BrNS2. The fraction of sp³-hybridized carbons (Fsp3) is 0.0769. The topological polar surface area (TPSA) is 12.4 Å². The van der Waals surface area contributed by atoms with E-state index in [0.717, 1.165) is 21.3 Å². The SMILES string of the molecule is S=CCN=C(c1ccsc1)c1cccc(Br)c1. The average Bonchev–Trinajstić information content (AvgIpc) is 2.83. The normalized spacial score (nSPS) is 11.5. The summed E-state index contributed by atoms with van der Waals surface area (Å²) in [5, 5.41) is 5.80. The van der Waals surface area contributed by atoms with Crippen molar-refractivity contribution in [2.24, 2.45) is 4.99 Å². The average molecular weight is 324 g/mol. The number of thiocarbonyl (C=S) groups is 1. The molecule has 0 aliphatic rings. The van der Waals surface area contributed by atoms with Crippen LogP contribution in [-0.2, 0) is 0 Å². The number of aliphatic imine (C=N–C) groups is 1. The van der Waals surface area contributed by atoms with Crippen LogP contribution >= 0.6 is 39.5 Å². The number of hydrogen-bond acceptors (Lipinski definition) is 3. The van der Waals surface area contributed by atoms with Gasteiger partial charge in [-0.15, -0.1) is 0 Å². The molecule has 0 aliphatic carbocycles. The highest BCUT2D eigenvalue weighted by Crippen LogP contribution is 2.18. The van der Waals surface area contributed by atoms with Crippen LogP contribution in [0.25, 0.3) is 0 Å². The summed E-state index contributed by atoms with van der Waals surface area (Å²) in [5.74, 6) is 0. The van der Waals surface area contributed by atoms with Gasteiger partial charge in [0.2, 0.25) is 0 Å². The second-order valence-corrected chi connectivity index (χ2v) is 5.41. The van der Waals surface area contributed by atoms with Crippen LogP contribution in [0.1, 0.15) is 11.1 Å². The third kappa shape index (κ3) is 3.31. The first kappa shape index (κ1) is 12.6. The quantitative estimate of drug-likeness (QED) is 0.602. The van der Waals surface area contributed by atoms with Crippen molar-refractivity contribution in [3.8, 4) is 0 Å². The molecule has 86 valence electrons. The molecule has 2 rings (SSSR count). The van der Waals surface area contributed by atoms with Gasteiger partial charge in [0.05, 0.1) is 12.3 Å². The maximum atomic E-state index is 4.84. The largest absolute Gasteiger partial charge is 0.279 e. The van der Waals surface area contributed by atoms with Gasteiger partial charge in [-0.2, -0.15) is 11.3 Å². The molecule has 0 saturated carbocycles. The van der Waals surface area contributed by atoms with Gasteiger partial charge in [0, 0.05) is 26.3 Å². The number of hydrogen-bond donors (Lipinski definition) is 0. The van der Waals surface area contributed by atoms with E-state index in [9.17, 15) is 0 Å². The maximum Gasteiger partial charge on any atom is 0.0731 e. The van der Waals surface area contributed by atoms with E-state index < -0.39 is 0 Å². The fourth-order valence-corrected chi connectivity index (χ4v) is 2.63. The molecule has 0 unspecified atom stereocenters. The summed E-state index contributed by atoms with van der Waals surface area (Å²) in [6.07, 6.45) is 0. The van der Waals surface area contributed by atoms with Crippen molar-refractivity contribution in [1.82, 2.24) is 0 Å². The predicted octanol–water partition coefficient (Wildman–Crippen LogP) is 4.35. The second kappa shape index (κ2) is 6.19. The Labute approximate surface area is 118 Å². The summed E-state index contributed by atoms with van der Waals surface area (Å²) in [7, 11) is 0. The molecule has 0 saturated heterocycles. The van der Waals surface area contributed by atoms with E-state index in [2.05, 4.69) is 49.9 Å². The summed E-state index contributed by atoms with van der Waals surface area (Å²) in [4.78, 5) is 4.54. The van der Waals surface area contributed by atoms with Gasteiger partial charge in [0.1, 0.15) is 0 Å². The third-order valence-corrected chi connectivity index (χ3v) is 3.54. The molecule has 17 heavy (non-hydrogen) atoms. The highest BCUT2D eigenvalue weighted by atomic mass is 79.9. The number of benzene rings is 1. The monoisotopic (exact) mass is 323 g/mol. The molecule has 1 aromatic carbocycles. The number of rotatable bonds is 4. The lowest BCUT2D eigenvalue weighted by Crippen LogP contribution is -2.03. The molecule has 1 aromatic heterocycles. The predicted molar refractivity (Wildman–Crippen MR) is 82.6 cm³/mol. The van der Waals surface area contributed by atoms with Crippen LogP contribution in [0, 0.1) is 0 Å². The summed E-state index contributed by atoms with van der Waals surface area (Å²) >= 11 is 9.99. The molecule has 0 aliphatic heterocycles. The Morgan fingerprint density at radius 3 is 2.88 bits per heavy atom. The van der Waals surface area contributed by atoms with Crippen LogP contribution in [0.2, 0.25) is 0 Å². The summed E-state index contributed by atoms with van der Waals surface area (Å²) < 4.78 is 1.06. The zero-order valence-corrected chi connectivity index (χ0v) is 12.2. The van der Waals surface area contributed by atoms with Crippen LogP contribution in [-0.4, -0.2) is 17.6 Å². The van der Waals surface area contributed by atoms with E-state index in [4.69, 9.17) is 12.2 Å². The summed E-state index contributed by atoms with van der Waals surface area (Å²) in [6, 6.07) is 10.2. The van der Waals surface area contributed by atoms with E-state index in [1.54, 1.807) is 16.7 Å². The van der Waals surface area contributed by atoms with E-state index in [0.29, 0.717) is 6.54 Å². The minimum atomic E-state index is 0.563. The number of halogens is 1. The molecule has 0 atom stereocenters. The van der Waals surface area contributed by atoms with Gasteiger partial charge >= 0.3 is 0 Å². The maximum absolute atomic E-state index is 4.84. The Balaban J connectivity index is 2.44. The van der Waals surface area contributed by atoms with Gasteiger partial charge in [-0.1, -0.05) is 40.3 Å². The first-order valence-corrected chi connectivity index (χ1v) is 7.28. The number of thiophene rings is 1. The summed E-state index contributed by atoms with van der Waals surface area (Å²) in [6.45, 7) is 0.563. The van der Waals surface area contributed by atoms with Crippen LogP contribution in [0.4, 0.5) is 0 Å². The van der Waals surface area contributed by atoms with Gasteiger partial charge in [-0.25, -0.2) is 0 Å². The van der Waals surface area contributed by atoms with Crippen molar-refractivity contribution >= 4 is 50.6 Å². The van der Waals surface area contributed by atoms with Crippen LogP contribution in [0.3, 0.4) is 0 Å². The minimum absolute atomic E-state index is 0.563. The van der Waals surface area contributed by atoms with E-state index >= 15 is 0 Å². The Kier molecular flexibility index (Phi) is 4.59. The molecule has 0 amide bonds. The lowest BCUT2D eigenvalue weighted by Gasteiger charge is -2.05. The van der Waals surface area contributed by atoms with Crippen LogP contribution in [0.5, 0.6) is 0 Å². The van der Waals surface area contributed by atoms with Gasteiger partial charge in [-0.3, -0.25) is 4.99 Å². The van der Waals surface area contributed by atoms with Crippen molar-refractivity contribution in [3.63, 3.8) is 0 Å². The molecule has 0 spiro atoms. The van der Waals surface area contributed by atoms with E-state index in [1.165, 1.54) is 0 Å². The number of nitrogens with zero attached hydrogens (tertiary/aromatic N) is 1. The van der Waals surface area contributed by atoms with Crippen molar-refractivity contribution in [3.05, 3.63) is 56.7 Å². The standard InChI is InChI=1S/C13H10BrNS2/c14-12-3-1-2-10(8-12)13(15-5-6-16)11-4-7-17-9-11/h1-4,6-9H,5H2. The molecule has 0 bridgehead atoms. The Hall–Kier alpha value is -0.840. The Morgan fingerprint density at radius 2 is 2.24 bits per heavy atom. The molecule has 4 heteroatoms. The molecule has 1 heterocycles. The van der Waals surface area contributed by atoms with Gasteiger partial charge in [0.25, 0.3) is 0 Å². The smallest absolute Gasteiger partial charge is 0.0731 e. The minimum Gasteiger partial charge on any atom is -0.279 e. The molecule has 1 nitrogen and oxygen atoms in total. The third-order valence-electron chi connectivity index (χ3n) is 2.22. The molecule has 0 fully saturated rings. The van der Waals surface area contributed by atoms with Gasteiger partial charge in [-0.05, 0) is 23.6 Å². The van der Waals surface area contributed by atoms with Crippen molar-refractivity contribution < 1.29 is 0 Å². The first-order chi connectivity index (χ1) is 8.31. The van der Waals surface area contributed by atoms with E-state index in [1.807, 2.05) is 12.1 Å². The zero-order chi connectivity index (χ0) is 12.1. The Bertz CT molecular complexity index is 532. The van der Waals surface area contributed by atoms with Gasteiger partial charge in [0.15, 0.2) is 0 Å². The van der Waals surface area contributed by atoms with Crippen molar-refractivity contribution in [2.45, 2.75) is 0 Å². The molecule has 0 N–H and O–H groups in total. The van der Waals surface area contributed by atoms with E-state index in [-0.39, 0.29) is 0 Å². The molecule has 0 radical (unpaired) electrons. The fourth-order valence-electron chi connectivity index (χ4n) is 1.51. The molecular weight excluding hydrogens is 314 g/mol. The van der Waals surface area contributed by atoms with Crippen molar-refractivity contribution in [2.75, 3.05) is 6.54 Å². The van der Waals surface area contributed by atoms with Crippen LogP contribution in [0.15, 0.2) is 50.6 Å². The lowest BCUT2D eigenvalue weighted by atomic mass is 10.1. The lowest BCUT2D eigenvalue weighted by molar-refractivity contribution is 1.33. The summed E-state index contributed by atoms with van der Waals surface area (Å²) in [5.41, 5.74) is 3.24. The van der Waals surface area contributed by atoms with Gasteiger partial charge < -0.3 is 0 Å². The highest BCUT2D eigenvalue weighted by molar-refractivity contribution is 9.10. The second-order valence-electron chi connectivity index (χ2n) is 3.38. The van der Waals surface area contributed by atoms with Crippen molar-refractivity contribution in [1.29, 1.82) is 0 Å². The molecule has 2 aromatic rings. The Morgan fingerprint density at radius 1 is 1.35 bits per heavy atom. The first-order valence-electron chi connectivity index (χ1n) is 5.08.